The van der Waals surface area contributed by atoms with Crippen LogP contribution in [0.5, 0.6) is 0 Å². The summed E-state index contributed by atoms with van der Waals surface area (Å²) >= 11 is 0. The molecule has 0 saturated heterocycles. The summed E-state index contributed by atoms with van der Waals surface area (Å²) in [7, 11) is -9.92. The molecule has 612 valence electrons. The van der Waals surface area contributed by atoms with E-state index in [0.717, 1.165) is 103 Å². The number of carbonyl (C=O) groups excluding carboxylic acids is 4. The number of hydrogen-bond donors (Lipinski definition) is 3. The van der Waals surface area contributed by atoms with E-state index >= 15 is 0 Å². The van der Waals surface area contributed by atoms with Crippen molar-refractivity contribution in [3.63, 3.8) is 0 Å². The van der Waals surface area contributed by atoms with E-state index in [1.165, 1.54) is 276 Å². The topological polar surface area (TPSA) is 237 Å². The second-order valence-corrected chi connectivity index (χ2v) is 33.1. The average Bonchev–Trinajstić information content (AvgIpc) is 0.952. The average molecular weight is 1510 g/mol. The van der Waals surface area contributed by atoms with Crippen LogP contribution in [0.3, 0.4) is 0 Å². The Hall–Kier alpha value is -1.94. The van der Waals surface area contributed by atoms with Crippen LogP contribution in [0, 0.1) is 0 Å². The summed E-state index contributed by atoms with van der Waals surface area (Å²) in [5.41, 5.74) is 0. The summed E-state index contributed by atoms with van der Waals surface area (Å²) in [6.07, 6.45) is 72.5. The minimum Gasteiger partial charge on any atom is -0.462 e. The van der Waals surface area contributed by atoms with Gasteiger partial charge in [0.05, 0.1) is 26.4 Å². The van der Waals surface area contributed by atoms with Crippen molar-refractivity contribution in [2.45, 2.75) is 476 Å². The van der Waals surface area contributed by atoms with E-state index in [0.29, 0.717) is 25.7 Å². The molecular formula is C84H164O17P2. The van der Waals surface area contributed by atoms with Gasteiger partial charge in [0.2, 0.25) is 0 Å². The number of aliphatic hydroxyl groups excluding tert-OH is 1. The second-order valence-electron chi connectivity index (χ2n) is 30.2. The van der Waals surface area contributed by atoms with Crippen LogP contribution in [-0.4, -0.2) is 96.7 Å². The Morgan fingerprint density at radius 2 is 0.388 bits per heavy atom. The molecule has 0 aliphatic rings. The number of aliphatic hydroxyl groups is 1. The molecule has 3 N–H and O–H groups in total. The lowest BCUT2D eigenvalue weighted by Gasteiger charge is -2.21. The molecule has 0 aliphatic heterocycles. The fourth-order valence-corrected chi connectivity index (χ4v) is 14.7. The van der Waals surface area contributed by atoms with Gasteiger partial charge in [0, 0.05) is 25.7 Å². The molecule has 0 aliphatic carbocycles. The van der Waals surface area contributed by atoms with Gasteiger partial charge >= 0.3 is 39.5 Å². The van der Waals surface area contributed by atoms with Crippen molar-refractivity contribution < 1.29 is 80.2 Å². The summed E-state index contributed by atoms with van der Waals surface area (Å²) in [5.74, 6) is -2.11. The van der Waals surface area contributed by atoms with Crippen LogP contribution in [0.1, 0.15) is 458 Å². The molecule has 0 bridgehead atoms. The first-order chi connectivity index (χ1) is 50.2. The number of phosphoric ester groups is 2. The van der Waals surface area contributed by atoms with Crippen LogP contribution in [0.4, 0.5) is 0 Å². The van der Waals surface area contributed by atoms with E-state index in [-0.39, 0.29) is 25.7 Å². The Labute approximate surface area is 632 Å². The number of rotatable bonds is 85. The van der Waals surface area contributed by atoms with Crippen molar-refractivity contribution in [2.75, 3.05) is 39.6 Å². The molecule has 19 heteroatoms. The fourth-order valence-electron chi connectivity index (χ4n) is 13.2. The Balaban J connectivity index is 5.15. The summed E-state index contributed by atoms with van der Waals surface area (Å²) in [6, 6.07) is 0. The SMILES string of the molecule is CCCCCCCCCCCCCCCCCCCCCCCCC(=O)O[C@H](COC(=O)CCCCCCCCCCCCCCCCCCCCC)COP(=O)(O)OC[C@@H](O)COP(=O)(O)OC[C@@H](COC(=O)CCCCCCCCC)OC(=O)CCCCCCCCCCCCCCCCC. The van der Waals surface area contributed by atoms with Crippen LogP contribution in [0.2, 0.25) is 0 Å². The van der Waals surface area contributed by atoms with Gasteiger partial charge in [-0.15, -0.1) is 0 Å². The second kappa shape index (κ2) is 78.2. The highest BCUT2D eigenvalue weighted by molar-refractivity contribution is 7.47. The molecule has 2 unspecified atom stereocenters. The molecule has 0 amide bonds. The third-order valence-electron chi connectivity index (χ3n) is 19.9. The van der Waals surface area contributed by atoms with Gasteiger partial charge in [-0.2, -0.15) is 0 Å². The maximum atomic E-state index is 13.1. The lowest BCUT2D eigenvalue weighted by molar-refractivity contribution is -0.161. The van der Waals surface area contributed by atoms with Gasteiger partial charge in [-0.05, 0) is 25.7 Å². The molecule has 0 rings (SSSR count). The van der Waals surface area contributed by atoms with Gasteiger partial charge in [0.1, 0.15) is 19.3 Å². The summed E-state index contributed by atoms with van der Waals surface area (Å²) < 4.78 is 68.7. The first-order valence-corrected chi connectivity index (χ1v) is 46.8. The molecule has 17 nitrogen and oxygen atoms in total. The lowest BCUT2D eigenvalue weighted by atomic mass is 10.0. The Morgan fingerprint density at radius 3 is 0.573 bits per heavy atom. The van der Waals surface area contributed by atoms with E-state index < -0.39 is 97.5 Å². The lowest BCUT2D eigenvalue weighted by Crippen LogP contribution is -2.30. The van der Waals surface area contributed by atoms with Gasteiger partial charge in [-0.25, -0.2) is 9.13 Å². The number of hydrogen-bond acceptors (Lipinski definition) is 15. The van der Waals surface area contributed by atoms with Gasteiger partial charge in [-0.1, -0.05) is 407 Å². The van der Waals surface area contributed by atoms with Gasteiger partial charge in [-0.3, -0.25) is 37.3 Å². The molecule has 103 heavy (non-hydrogen) atoms. The van der Waals surface area contributed by atoms with E-state index in [2.05, 4.69) is 27.7 Å². The van der Waals surface area contributed by atoms with E-state index in [9.17, 15) is 43.2 Å². The van der Waals surface area contributed by atoms with E-state index in [1.54, 1.807) is 0 Å². The summed E-state index contributed by atoms with van der Waals surface area (Å²) in [5, 5.41) is 10.6. The van der Waals surface area contributed by atoms with Crippen LogP contribution in [-0.2, 0) is 65.4 Å². The third kappa shape index (κ3) is 78.0. The van der Waals surface area contributed by atoms with Crippen LogP contribution in [0.15, 0.2) is 0 Å². The minimum atomic E-state index is -4.96. The Bertz CT molecular complexity index is 1950. The Morgan fingerprint density at radius 1 is 0.233 bits per heavy atom. The first kappa shape index (κ1) is 101. The monoisotopic (exact) mass is 1510 g/mol. The van der Waals surface area contributed by atoms with Crippen molar-refractivity contribution in [1.82, 2.24) is 0 Å². The van der Waals surface area contributed by atoms with Crippen molar-refractivity contribution >= 4 is 39.5 Å². The molecule has 0 saturated carbocycles. The third-order valence-corrected chi connectivity index (χ3v) is 21.8. The predicted molar refractivity (Wildman–Crippen MR) is 423 cm³/mol. The fraction of sp³-hybridized carbons (Fsp3) is 0.952. The summed E-state index contributed by atoms with van der Waals surface area (Å²) in [6.45, 7) is 5.00. The van der Waals surface area contributed by atoms with Crippen LogP contribution in [0.25, 0.3) is 0 Å². The highest BCUT2D eigenvalue weighted by atomic mass is 31.2. The molecule has 0 fully saturated rings. The molecule has 0 heterocycles. The number of ether oxygens (including phenoxy) is 4. The smallest absolute Gasteiger partial charge is 0.462 e. The van der Waals surface area contributed by atoms with Crippen LogP contribution < -0.4 is 0 Å². The number of esters is 4. The van der Waals surface area contributed by atoms with E-state index in [1.807, 2.05) is 0 Å². The maximum absolute atomic E-state index is 13.1. The summed E-state index contributed by atoms with van der Waals surface area (Å²) in [4.78, 5) is 73.0. The zero-order valence-electron chi connectivity index (χ0n) is 67.3. The number of carbonyl (C=O) groups is 4. The number of unbranched alkanes of at least 4 members (excludes halogenated alkanes) is 59. The molecule has 0 radical (unpaired) electrons. The molecule has 0 aromatic heterocycles. The predicted octanol–water partition coefficient (Wildman–Crippen LogP) is 25.7. The molecule has 0 aromatic rings. The van der Waals surface area contributed by atoms with Crippen LogP contribution >= 0.6 is 15.6 Å². The largest absolute Gasteiger partial charge is 0.472 e. The molecular weight excluding hydrogens is 1340 g/mol. The Kier molecular flexibility index (Phi) is 76.7. The van der Waals surface area contributed by atoms with Crippen molar-refractivity contribution in [1.29, 1.82) is 0 Å². The van der Waals surface area contributed by atoms with Crippen molar-refractivity contribution in [3.8, 4) is 0 Å². The molecule has 0 aromatic carbocycles. The normalized spacial score (nSPS) is 13.7. The van der Waals surface area contributed by atoms with Gasteiger partial charge in [0.15, 0.2) is 12.2 Å². The molecule has 0 spiro atoms. The quantitative estimate of drug-likeness (QED) is 0.0222. The van der Waals surface area contributed by atoms with Crippen molar-refractivity contribution in [2.24, 2.45) is 0 Å². The van der Waals surface area contributed by atoms with E-state index in [4.69, 9.17) is 37.0 Å². The highest BCUT2D eigenvalue weighted by Gasteiger charge is 2.30. The zero-order chi connectivity index (χ0) is 75.3. The number of phosphoric acid groups is 2. The maximum Gasteiger partial charge on any atom is 0.472 e. The first-order valence-electron chi connectivity index (χ1n) is 43.8. The van der Waals surface area contributed by atoms with Gasteiger partial charge < -0.3 is 33.8 Å². The molecule has 5 atom stereocenters. The zero-order valence-corrected chi connectivity index (χ0v) is 69.1. The van der Waals surface area contributed by atoms with Gasteiger partial charge in [0.25, 0.3) is 0 Å². The standard InChI is InChI=1S/C84H164O17P2/c1-5-9-13-17-21-24-27-30-33-35-37-38-39-41-43-46-49-52-55-59-63-67-71-84(89)101-80(75-95-82(87)69-65-61-57-53-50-47-45-42-40-36-34-31-28-25-22-18-14-10-6-2)77-99-103(92,93)97-73-78(85)72-96-102(90,91)98-76-79(74-94-81(86)68-64-60-56-20-16-12-8-4)100-83(88)70-66-62-58-54-51-48-44-32-29-26-23-19-15-11-7-3/h78-80,85H,5-77H2,1-4H3,(H,90,91)(H,92,93)/t78-,79+,80+/m0/s1. The van der Waals surface area contributed by atoms with Crippen molar-refractivity contribution in [3.05, 3.63) is 0 Å². The minimum absolute atomic E-state index is 0.108. The highest BCUT2D eigenvalue weighted by Crippen LogP contribution is 2.45.